The van der Waals surface area contributed by atoms with E-state index in [9.17, 15) is 9.59 Å². The quantitative estimate of drug-likeness (QED) is 0.851. The third-order valence-electron chi connectivity index (χ3n) is 3.01. The maximum atomic E-state index is 12.2. The lowest BCUT2D eigenvalue weighted by Gasteiger charge is -2.22. The highest BCUT2D eigenvalue weighted by atomic mass is 35.5. The summed E-state index contributed by atoms with van der Waals surface area (Å²) >= 11 is 17.7. The Hall–Kier alpha value is -1.75. The number of hydrogen-bond acceptors (Lipinski definition) is 2. The molecule has 23 heavy (non-hydrogen) atoms. The molecule has 0 unspecified atom stereocenters. The number of carbonyl (C=O) groups is 2. The Labute approximate surface area is 148 Å². The van der Waals surface area contributed by atoms with Gasteiger partial charge in [-0.05, 0) is 42.5 Å². The van der Waals surface area contributed by atoms with Gasteiger partial charge in [0.25, 0.3) is 0 Å². The first-order chi connectivity index (χ1) is 10.9. The van der Waals surface area contributed by atoms with Crippen LogP contribution in [-0.2, 0) is 9.59 Å². The van der Waals surface area contributed by atoms with Crippen LogP contribution < -0.4 is 10.2 Å². The molecule has 0 saturated heterocycles. The minimum absolute atomic E-state index is 0.167. The normalized spacial score (nSPS) is 10.3. The predicted octanol–water partition coefficient (Wildman–Crippen LogP) is 4.64. The fourth-order valence-electron chi connectivity index (χ4n) is 1.94. The van der Waals surface area contributed by atoms with Crippen molar-refractivity contribution in [2.24, 2.45) is 0 Å². The Bertz CT molecular complexity index is 733. The van der Waals surface area contributed by atoms with E-state index in [1.807, 2.05) is 0 Å². The number of nitrogens with one attached hydrogen (secondary N) is 1. The summed E-state index contributed by atoms with van der Waals surface area (Å²) in [6, 6.07) is 11.4. The van der Waals surface area contributed by atoms with Crippen LogP contribution >= 0.6 is 34.8 Å². The highest BCUT2D eigenvalue weighted by Gasteiger charge is 2.18. The van der Waals surface area contributed by atoms with E-state index in [1.165, 1.54) is 17.9 Å². The first-order valence-corrected chi connectivity index (χ1v) is 7.79. The third kappa shape index (κ3) is 4.86. The fraction of sp³-hybridized carbons (Fsp3) is 0.125. The lowest BCUT2D eigenvalue weighted by atomic mass is 10.2. The van der Waals surface area contributed by atoms with Crippen LogP contribution in [0.3, 0.4) is 0 Å². The van der Waals surface area contributed by atoms with Gasteiger partial charge in [0, 0.05) is 22.7 Å². The molecule has 120 valence electrons. The van der Waals surface area contributed by atoms with Crippen molar-refractivity contribution < 1.29 is 9.59 Å². The van der Waals surface area contributed by atoms with Gasteiger partial charge >= 0.3 is 0 Å². The van der Waals surface area contributed by atoms with Gasteiger partial charge in [-0.3, -0.25) is 9.59 Å². The summed E-state index contributed by atoms with van der Waals surface area (Å²) in [4.78, 5) is 25.3. The Morgan fingerprint density at radius 2 is 1.61 bits per heavy atom. The summed E-state index contributed by atoms with van der Waals surface area (Å²) in [7, 11) is 0. The average Bonchev–Trinajstić information content (AvgIpc) is 2.48. The zero-order chi connectivity index (χ0) is 17.0. The molecule has 2 aromatic carbocycles. The van der Waals surface area contributed by atoms with Gasteiger partial charge in [-0.25, -0.2) is 0 Å². The molecular formula is C16H13Cl3N2O2. The zero-order valence-electron chi connectivity index (χ0n) is 12.1. The van der Waals surface area contributed by atoms with Crippen LogP contribution in [0.5, 0.6) is 0 Å². The monoisotopic (exact) mass is 370 g/mol. The Morgan fingerprint density at radius 1 is 1.00 bits per heavy atom. The minimum atomic E-state index is -0.353. The van der Waals surface area contributed by atoms with Gasteiger partial charge in [-0.15, -0.1) is 0 Å². The van der Waals surface area contributed by atoms with Gasteiger partial charge in [-0.1, -0.05) is 34.8 Å². The van der Waals surface area contributed by atoms with Crippen LogP contribution in [0.25, 0.3) is 0 Å². The van der Waals surface area contributed by atoms with E-state index in [4.69, 9.17) is 34.8 Å². The van der Waals surface area contributed by atoms with Gasteiger partial charge in [0.15, 0.2) is 0 Å². The predicted molar refractivity (Wildman–Crippen MR) is 94.6 cm³/mol. The van der Waals surface area contributed by atoms with Crippen LogP contribution in [0.1, 0.15) is 6.92 Å². The lowest BCUT2D eigenvalue weighted by Crippen LogP contribution is -2.36. The lowest BCUT2D eigenvalue weighted by molar-refractivity contribution is -0.120. The van der Waals surface area contributed by atoms with E-state index >= 15 is 0 Å². The number of carbonyl (C=O) groups excluding carboxylic acids is 2. The summed E-state index contributed by atoms with van der Waals surface area (Å²) in [5, 5.41) is 4.01. The van der Waals surface area contributed by atoms with Gasteiger partial charge < -0.3 is 10.2 Å². The largest absolute Gasteiger partial charge is 0.325 e. The second-order valence-corrected chi connectivity index (χ2v) is 6.04. The molecule has 2 amide bonds. The molecule has 0 bridgehead atoms. The van der Waals surface area contributed by atoms with E-state index in [0.29, 0.717) is 26.4 Å². The standard InChI is InChI=1S/C16H13Cl3N2O2/c1-10(22)21(15-7-4-12(18)8-14(15)19)9-16(23)20-13-5-2-11(17)3-6-13/h2-8H,9H2,1H3,(H,20,23). The molecule has 2 aromatic rings. The number of halogens is 3. The van der Waals surface area contributed by atoms with Crippen molar-refractivity contribution in [1.29, 1.82) is 0 Å². The number of benzene rings is 2. The SMILES string of the molecule is CC(=O)N(CC(=O)Nc1ccc(Cl)cc1)c1ccc(Cl)cc1Cl. The molecule has 0 heterocycles. The first-order valence-electron chi connectivity index (χ1n) is 6.65. The minimum Gasteiger partial charge on any atom is -0.325 e. The highest BCUT2D eigenvalue weighted by molar-refractivity contribution is 6.36. The van der Waals surface area contributed by atoms with Crippen LogP contribution in [0.2, 0.25) is 15.1 Å². The zero-order valence-corrected chi connectivity index (χ0v) is 14.4. The van der Waals surface area contributed by atoms with Crippen LogP contribution in [-0.4, -0.2) is 18.4 Å². The Morgan fingerprint density at radius 3 is 2.17 bits per heavy atom. The molecule has 0 radical (unpaired) electrons. The number of hydrogen-bond donors (Lipinski definition) is 1. The second kappa shape index (κ2) is 7.68. The van der Waals surface area contributed by atoms with E-state index in [-0.39, 0.29) is 18.4 Å². The van der Waals surface area contributed by atoms with E-state index in [1.54, 1.807) is 36.4 Å². The summed E-state index contributed by atoms with van der Waals surface area (Å²) in [5.41, 5.74) is 1.01. The molecule has 7 heteroatoms. The Balaban J connectivity index is 2.14. The smallest absolute Gasteiger partial charge is 0.244 e. The second-order valence-electron chi connectivity index (χ2n) is 4.76. The molecule has 1 N–H and O–H groups in total. The summed E-state index contributed by atoms with van der Waals surface area (Å²) in [6.45, 7) is 1.19. The fourth-order valence-corrected chi connectivity index (χ4v) is 2.58. The van der Waals surface area contributed by atoms with Crippen molar-refractivity contribution in [3.63, 3.8) is 0 Å². The first kappa shape index (κ1) is 17.6. The van der Waals surface area contributed by atoms with E-state index in [0.717, 1.165) is 0 Å². The van der Waals surface area contributed by atoms with E-state index < -0.39 is 0 Å². The topological polar surface area (TPSA) is 49.4 Å². The third-order valence-corrected chi connectivity index (χ3v) is 3.80. The molecule has 0 spiro atoms. The van der Waals surface area contributed by atoms with Crippen molar-refractivity contribution in [3.8, 4) is 0 Å². The highest BCUT2D eigenvalue weighted by Crippen LogP contribution is 2.29. The molecule has 0 aliphatic carbocycles. The molecule has 0 fully saturated rings. The van der Waals surface area contributed by atoms with Gasteiger partial charge in [0.1, 0.15) is 6.54 Å². The molecule has 0 aliphatic rings. The van der Waals surface area contributed by atoms with Crippen LogP contribution in [0.15, 0.2) is 42.5 Å². The maximum Gasteiger partial charge on any atom is 0.244 e. The summed E-state index contributed by atoms with van der Waals surface area (Å²) in [5.74, 6) is -0.658. The maximum absolute atomic E-state index is 12.2. The molecule has 0 saturated carbocycles. The van der Waals surface area contributed by atoms with Crippen molar-refractivity contribution in [2.75, 3.05) is 16.8 Å². The number of amides is 2. The summed E-state index contributed by atoms with van der Waals surface area (Å²) in [6.07, 6.45) is 0. The molecule has 0 aromatic heterocycles. The molecule has 4 nitrogen and oxygen atoms in total. The molecule has 0 atom stereocenters. The van der Waals surface area contributed by atoms with Crippen LogP contribution in [0, 0.1) is 0 Å². The van der Waals surface area contributed by atoms with Gasteiger partial charge in [-0.2, -0.15) is 0 Å². The van der Waals surface area contributed by atoms with Crippen molar-refractivity contribution in [3.05, 3.63) is 57.5 Å². The van der Waals surface area contributed by atoms with Gasteiger partial charge in [0.05, 0.1) is 10.7 Å². The Kier molecular flexibility index (Phi) is 5.88. The molecule has 2 rings (SSSR count). The number of rotatable bonds is 4. The van der Waals surface area contributed by atoms with Gasteiger partial charge in [0.2, 0.25) is 11.8 Å². The van der Waals surface area contributed by atoms with E-state index in [2.05, 4.69) is 5.32 Å². The number of anilines is 2. The van der Waals surface area contributed by atoms with Crippen LogP contribution in [0.4, 0.5) is 11.4 Å². The van der Waals surface area contributed by atoms with Crippen molar-refractivity contribution in [1.82, 2.24) is 0 Å². The number of nitrogens with zero attached hydrogens (tertiary/aromatic N) is 1. The molecule has 0 aliphatic heterocycles. The van der Waals surface area contributed by atoms with Crippen molar-refractivity contribution in [2.45, 2.75) is 6.92 Å². The average molecular weight is 372 g/mol. The molecular weight excluding hydrogens is 359 g/mol. The van der Waals surface area contributed by atoms with Crippen molar-refractivity contribution >= 4 is 58.0 Å². The summed E-state index contributed by atoms with van der Waals surface area (Å²) < 4.78 is 0.